The normalized spacial score (nSPS) is 10.4. The highest BCUT2D eigenvalue weighted by molar-refractivity contribution is 6.13. The summed E-state index contributed by atoms with van der Waals surface area (Å²) in [4.78, 5) is 25.7. The standard InChI is InChI=1S/C26H28N2O3/c1-2-3-4-12-19-31-24-18-11-9-16-22(24)26(30)28-23-17-10-8-15-21(23)25(29)27-20-13-6-5-7-14-20/h5-11,13-18H,2-4,12,19H2,1H3,(H,27,29)(H,28,30). The molecule has 0 aliphatic heterocycles. The van der Waals surface area contributed by atoms with Crippen LogP contribution in [0.5, 0.6) is 5.75 Å². The number of nitrogens with one attached hydrogen (secondary N) is 2. The van der Waals surface area contributed by atoms with Crippen LogP contribution in [0.15, 0.2) is 78.9 Å². The molecule has 160 valence electrons. The van der Waals surface area contributed by atoms with Crippen LogP contribution in [0.3, 0.4) is 0 Å². The van der Waals surface area contributed by atoms with Crippen LogP contribution in [0.1, 0.15) is 53.3 Å². The molecule has 2 amide bonds. The van der Waals surface area contributed by atoms with E-state index in [9.17, 15) is 9.59 Å². The highest BCUT2D eigenvalue weighted by Crippen LogP contribution is 2.23. The van der Waals surface area contributed by atoms with Gasteiger partial charge in [0.1, 0.15) is 5.75 Å². The minimum atomic E-state index is -0.316. The van der Waals surface area contributed by atoms with Gasteiger partial charge in [0.2, 0.25) is 0 Å². The van der Waals surface area contributed by atoms with Crippen molar-refractivity contribution in [1.82, 2.24) is 0 Å². The molecule has 0 fully saturated rings. The first kappa shape index (κ1) is 22.1. The van der Waals surface area contributed by atoms with Gasteiger partial charge in [-0.25, -0.2) is 0 Å². The van der Waals surface area contributed by atoms with E-state index >= 15 is 0 Å². The number of rotatable bonds is 10. The maximum absolute atomic E-state index is 13.0. The fourth-order valence-corrected chi connectivity index (χ4v) is 3.19. The first-order valence-corrected chi connectivity index (χ1v) is 10.7. The third-order valence-electron chi connectivity index (χ3n) is 4.84. The Morgan fingerprint density at radius 1 is 0.710 bits per heavy atom. The first-order chi connectivity index (χ1) is 15.2. The SMILES string of the molecule is CCCCCCOc1ccccc1C(=O)Nc1ccccc1C(=O)Nc1ccccc1. The van der Waals surface area contributed by atoms with E-state index in [0.717, 1.165) is 19.3 Å². The summed E-state index contributed by atoms with van der Waals surface area (Å²) in [6.45, 7) is 2.73. The Hall–Kier alpha value is -3.60. The second-order valence-corrected chi connectivity index (χ2v) is 7.23. The summed E-state index contributed by atoms with van der Waals surface area (Å²) in [5.74, 6) is -0.0607. The summed E-state index contributed by atoms with van der Waals surface area (Å²) in [6, 6.07) is 23.3. The first-order valence-electron chi connectivity index (χ1n) is 10.7. The number of para-hydroxylation sites is 3. The topological polar surface area (TPSA) is 67.4 Å². The minimum Gasteiger partial charge on any atom is -0.493 e. The summed E-state index contributed by atoms with van der Waals surface area (Å²) in [5.41, 5.74) is 1.96. The van der Waals surface area contributed by atoms with Gasteiger partial charge in [0.15, 0.2) is 0 Å². The van der Waals surface area contributed by atoms with Crippen molar-refractivity contribution in [3.63, 3.8) is 0 Å². The van der Waals surface area contributed by atoms with E-state index in [1.807, 2.05) is 36.4 Å². The lowest BCUT2D eigenvalue weighted by Crippen LogP contribution is -2.19. The van der Waals surface area contributed by atoms with Gasteiger partial charge in [-0.2, -0.15) is 0 Å². The van der Waals surface area contributed by atoms with Gasteiger partial charge in [-0.15, -0.1) is 0 Å². The van der Waals surface area contributed by atoms with Crippen molar-refractivity contribution in [3.8, 4) is 5.75 Å². The van der Waals surface area contributed by atoms with Crippen LogP contribution in [-0.4, -0.2) is 18.4 Å². The molecule has 5 heteroatoms. The molecule has 0 unspecified atom stereocenters. The molecular weight excluding hydrogens is 388 g/mol. The number of carbonyl (C=O) groups is 2. The summed E-state index contributed by atoms with van der Waals surface area (Å²) >= 11 is 0. The predicted octanol–water partition coefficient (Wildman–Crippen LogP) is 6.15. The third kappa shape index (κ3) is 6.44. The molecule has 0 atom stereocenters. The number of anilines is 2. The molecule has 31 heavy (non-hydrogen) atoms. The zero-order chi connectivity index (χ0) is 21.9. The van der Waals surface area contributed by atoms with Gasteiger partial charge in [0, 0.05) is 5.69 Å². The highest BCUT2D eigenvalue weighted by atomic mass is 16.5. The van der Waals surface area contributed by atoms with Crippen LogP contribution >= 0.6 is 0 Å². The van der Waals surface area contributed by atoms with Crippen LogP contribution < -0.4 is 15.4 Å². The highest BCUT2D eigenvalue weighted by Gasteiger charge is 2.17. The molecule has 3 aromatic rings. The number of ether oxygens (including phenoxy) is 1. The number of unbranched alkanes of at least 4 members (excludes halogenated alkanes) is 3. The monoisotopic (exact) mass is 416 g/mol. The van der Waals surface area contributed by atoms with Crippen molar-refractivity contribution < 1.29 is 14.3 Å². The number of hydrogen-bond acceptors (Lipinski definition) is 3. The van der Waals surface area contributed by atoms with E-state index in [0.29, 0.717) is 34.9 Å². The Morgan fingerprint density at radius 3 is 2.13 bits per heavy atom. The third-order valence-corrected chi connectivity index (χ3v) is 4.84. The largest absolute Gasteiger partial charge is 0.493 e. The zero-order valence-electron chi connectivity index (χ0n) is 17.8. The van der Waals surface area contributed by atoms with E-state index in [-0.39, 0.29) is 11.8 Å². The van der Waals surface area contributed by atoms with E-state index in [1.54, 1.807) is 42.5 Å². The van der Waals surface area contributed by atoms with Crippen LogP contribution in [0.4, 0.5) is 11.4 Å². The van der Waals surface area contributed by atoms with Gasteiger partial charge in [0.05, 0.1) is 23.4 Å². The van der Waals surface area contributed by atoms with Gasteiger partial charge in [0.25, 0.3) is 11.8 Å². The van der Waals surface area contributed by atoms with Crippen molar-refractivity contribution in [2.45, 2.75) is 32.6 Å². The predicted molar refractivity (Wildman–Crippen MR) is 125 cm³/mol. The van der Waals surface area contributed by atoms with Crippen LogP contribution in [0.2, 0.25) is 0 Å². The Kier molecular flexibility index (Phi) is 8.23. The lowest BCUT2D eigenvalue weighted by molar-refractivity contribution is 0.102. The zero-order valence-corrected chi connectivity index (χ0v) is 17.8. The lowest BCUT2D eigenvalue weighted by Gasteiger charge is -2.14. The van der Waals surface area contributed by atoms with Gasteiger partial charge >= 0.3 is 0 Å². The Bertz CT molecular complexity index is 1000. The Morgan fingerprint density at radius 2 is 1.35 bits per heavy atom. The summed E-state index contributed by atoms with van der Waals surface area (Å²) in [7, 11) is 0. The number of hydrogen-bond donors (Lipinski definition) is 2. The maximum Gasteiger partial charge on any atom is 0.259 e. The fraction of sp³-hybridized carbons (Fsp3) is 0.231. The molecule has 5 nitrogen and oxygen atoms in total. The van der Waals surface area contributed by atoms with Crippen molar-refractivity contribution in [3.05, 3.63) is 90.0 Å². The molecule has 0 radical (unpaired) electrons. The van der Waals surface area contributed by atoms with Gasteiger partial charge in [-0.05, 0) is 42.8 Å². The van der Waals surface area contributed by atoms with Gasteiger partial charge < -0.3 is 15.4 Å². The van der Waals surface area contributed by atoms with Gasteiger partial charge in [-0.3, -0.25) is 9.59 Å². The molecular formula is C26H28N2O3. The molecule has 0 saturated carbocycles. The summed E-state index contributed by atoms with van der Waals surface area (Å²) in [5, 5.41) is 5.72. The van der Waals surface area contributed by atoms with Crippen molar-refractivity contribution >= 4 is 23.2 Å². The van der Waals surface area contributed by atoms with E-state index in [1.165, 1.54) is 6.42 Å². The fourth-order valence-electron chi connectivity index (χ4n) is 3.19. The molecule has 0 aliphatic carbocycles. The van der Waals surface area contributed by atoms with Crippen LogP contribution in [0, 0.1) is 0 Å². The molecule has 2 N–H and O–H groups in total. The second-order valence-electron chi connectivity index (χ2n) is 7.23. The van der Waals surface area contributed by atoms with Crippen molar-refractivity contribution in [1.29, 1.82) is 0 Å². The smallest absolute Gasteiger partial charge is 0.259 e. The van der Waals surface area contributed by atoms with Crippen molar-refractivity contribution in [2.24, 2.45) is 0 Å². The quantitative estimate of drug-likeness (QED) is 0.390. The molecule has 3 aromatic carbocycles. The van der Waals surface area contributed by atoms with Crippen LogP contribution in [-0.2, 0) is 0 Å². The number of benzene rings is 3. The number of carbonyl (C=O) groups excluding carboxylic acids is 2. The van der Waals surface area contributed by atoms with E-state index < -0.39 is 0 Å². The maximum atomic E-state index is 13.0. The molecule has 0 spiro atoms. The molecule has 0 aromatic heterocycles. The van der Waals surface area contributed by atoms with E-state index in [2.05, 4.69) is 17.6 Å². The summed E-state index contributed by atoms with van der Waals surface area (Å²) < 4.78 is 5.86. The Labute approximate surface area is 183 Å². The second kappa shape index (κ2) is 11.6. The average molecular weight is 417 g/mol. The molecule has 0 bridgehead atoms. The Balaban J connectivity index is 1.71. The van der Waals surface area contributed by atoms with Crippen LogP contribution in [0.25, 0.3) is 0 Å². The number of amides is 2. The molecule has 0 heterocycles. The van der Waals surface area contributed by atoms with E-state index in [4.69, 9.17) is 4.74 Å². The van der Waals surface area contributed by atoms with Crippen molar-refractivity contribution in [2.75, 3.05) is 17.2 Å². The van der Waals surface area contributed by atoms with Gasteiger partial charge in [-0.1, -0.05) is 68.7 Å². The lowest BCUT2D eigenvalue weighted by atomic mass is 10.1. The summed E-state index contributed by atoms with van der Waals surface area (Å²) in [6.07, 6.45) is 4.39. The molecule has 3 rings (SSSR count). The average Bonchev–Trinajstić information content (AvgIpc) is 2.80. The molecule has 0 saturated heterocycles. The molecule has 0 aliphatic rings. The minimum absolute atomic E-state index is 0.289.